The second-order valence-electron chi connectivity index (χ2n) is 12.0. The van der Waals surface area contributed by atoms with E-state index in [1.165, 1.54) is 16.4 Å². The molecule has 0 unspecified atom stereocenters. The lowest BCUT2D eigenvalue weighted by atomic mass is 9.84. The number of piperidine rings is 1. The SMILES string of the molecule is O=C(O)c1cc(S(=O)(=O)N2CCC(c3c4cc(C(c5ccc(Cl)cc5)c5ccc(Cl)cc5)ccc4nn3C3CC3)CC2)ccc1Cl. The van der Waals surface area contributed by atoms with Crippen LogP contribution in [-0.2, 0) is 10.0 Å². The second kappa shape index (κ2) is 12.3. The van der Waals surface area contributed by atoms with Crippen LogP contribution in [0.25, 0.3) is 10.9 Å². The zero-order valence-corrected chi connectivity index (χ0v) is 27.7. The standard InChI is InChI=1S/C35H30Cl3N3O4S/c36-25-6-1-21(2-7-25)33(22-3-8-26(37)9-4-22)24-5-14-32-30(19-24)34(41(39-32)27-10-11-27)23-15-17-40(18-16-23)46(44,45)28-12-13-31(38)29(20-28)35(42)43/h1-9,12-14,19-20,23,27,33H,10-11,15-18H2,(H,42,43). The molecule has 0 radical (unpaired) electrons. The lowest BCUT2D eigenvalue weighted by molar-refractivity contribution is 0.0696. The Morgan fingerprint density at radius 1 is 0.783 bits per heavy atom. The Morgan fingerprint density at radius 2 is 1.37 bits per heavy atom. The van der Waals surface area contributed by atoms with Crippen molar-refractivity contribution in [3.63, 3.8) is 0 Å². The van der Waals surface area contributed by atoms with E-state index in [0.29, 0.717) is 42.0 Å². The molecule has 0 amide bonds. The summed E-state index contributed by atoms with van der Waals surface area (Å²) in [6.07, 6.45) is 3.38. The fourth-order valence-corrected chi connectivity index (χ4v) is 8.51. The van der Waals surface area contributed by atoms with Gasteiger partial charge in [0.15, 0.2) is 0 Å². The molecule has 2 heterocycles. The van der Waals surface area contributed by atoms with E-state index in [0.717, 1.165) is 52.2 Å². The summed E-state index contributed by atoms with van der Waals surface area (Å²) in [5.41, 5.74) is 5.17. The van der Waals surface area contributed by atoms with E-state index in [4.69, 9.17) is 39.9 Å². The maximum atomic E-state index is 13.6. The Morgan fingerprint density at radius 3 is 1.93 bits per heavy atom. The predicted molar refractivity (Wildman–Crippen MR) is 181 cm³/mol. The summed E-state index contributed by atoms with van der Waals surface area (Å²) in [6, 6.07) is 26.5. The Labute approximate surface area is 282 Å². The summed E-state index contributed by atoms with van der Waals surface area (Å²) in [5, 5.41) is 16.9. The zero-order chi connectivity index (χ0) is 32.2. The molecule has 1 saturated heterocycles. The molecule has 1 aliphatic carbocycles. The van der Waals surface area contributed by atoms with Crippen LogP contribution in [0.5, 0.6) is 0 Å². The Balaban J connectivity index is 1.23. The fraction of sp³-hybridized carbons (Fsp3) is 0.257. The summed E-state index contributed by atoms with van der Waals surface area (Å²) in [5.74, 6) is -1.22. The van der Waals surface area contributed by atoms with Crippen molar-refractivity contribution in [1.29, 1.82) is 0 Å². The summed E-state index contributed by atoms with van der Waals surface area (Å²) in [4.78, 5) is 11.5. The molecule has 4 aromatic carbocycles. The number of sulfonamides is 1. The highest BCUT2D eigenvalue weighted by Crippen LogP contribution is 2.44. The number of rotatable bonds is 8. The van der Waals surface area contributed by atoms with Crippen molar-refractivity contribution in [3.05, 3.63) is 128 Å². The Hall–Kier alpha value is -3.40. The molecule has 1 aromatic heterocycles. The number of nitrogens with zero attached hydrogens (tertiary/aromatic N) is 3. The van der Waals surface area contributed by atoms with E-state index >= 15 is 0 Å². The molecular formula is C35H30Cl3N3O4S. The number of hydrogen-bond donors (Lipinski definition) is 1. The van der Waals surface area contributed by atoms with Crippen LogP contribution in [0.3, 0.4) is 0 Å². The van der Waals surface area contributed by atoms with E-state index in [-0.39, 0.29) is 27.3 Å². The third-order valence-corrected chi connectivity index (χ3v) is 11.8. The van der Waals surface area contributed by atoms with Crippen LogP contribution in [0.1, 0.15) is 76.3 Å². The normalized spacial score (nSPS) is 16.3. The van der Waals surface area contributed by atoms with Crippen LogP contribution in [0.15, 0.2) is 89.8 Å². The van der Waals surface area contributed by atoms with Gasteiger partial charge in [-0.1, -0.05) is 65.1 Å². The number of aromatic nitrogens is 2. The van der Waals surface area contributed by atoms with E-state index in [9.17, 15) is 18.3 Å². The summed E-state index contributed by atoms with van der Waals surface area (Å²) < 4.78 is 30.7. The van der Waals surface area contributed by atoms with Crippen LogP contribution in [0.4, 0.5) is 0 Å². The lowest BCUT2D eigenvalue weighted by Gasteiger charge is -2.32. The number of halogens is 3. The van der Waals surface area contributed by atoms with Crippen LogP contribution in [0.2, 0.25) is 15.1 Å². The quantitative estimate of drug-likeness (QED) is 0.164. The van der Waals surface area contributed by atoms with Gasteiger partial charge in [0.05, 0.1) is 27.0 Å². The van der Waals surface area contributed by atoms with Gasteiger partial charge in [0, 0.05) is 46.1 Å². The molecule has 5 aromatic rings. The third kappa shape index (κ3) is 5.93. The highest BCUT2D eigenvalue weighted by Gasteiger charge is 2.36. The van der Waals surface area contributed by atoms with Crippen molar-refractivity contribution in [2.24, 2.45) is 0 Å². The van der Waals surface area contributed by atoms with Gasteiger partial charge in [-0.3, -0.25) is 4.68 Å². The highest BCUT2D eigenvalue weighted by molar-refractivity contribution is 7.89. The molecule has 7 nitrogen and oxygen atoms in total. The number of fused-ring (bicyclic) bond motifs is 1. The van der Waals surface area contributed by atoms with Gasteiger partial charge < -0.3 is 5.11 Å². The van der Waals surface area contributed by atoms with E-state index in [1.807, 2.05) is 24.3 Å². The van der Waals surface area contributed by atoms with Crippen LogP contribution >= 0.6 is 34.8 Å². The number of carboxylic acid groups (broad SMARTS) is 1. The van der Waals surface area contributed by atoms with Gasteiger partial charge in [0.25, 0.3) is 0 Å². The van der Waals surface area contributed by atoms with E-state index in [1.54, 1.807) is 0 Å². The largest absolute Gasteiger partial charge is 0.478 e. The van der Waals surface area contributed by atoms with Gasteiger partial charge in [-0.15, -0.1) is 0 Å². The molecule has 1 aliphatic heterocycles. The molecule has 2 fully saturated rings. The molecular weight excluding hydrogens is 665 g/mol. The Kier molecular flexibility index (Phi) is 8.36. The van der Waals surface area contributed by atoms with Gasteiger partial charge in [-0.25, -0.2) is 13.2 Å². The van der Waals surface area contributed by atoms with Crippen LogP contribution in [0, 0.1) is 0 Å². The molecule has 0 atom stereocenters. The minimum Gasteiger partial charge on any atom is -0.478 e. The number of carboxylic acids is 1. The number of hydrogen-bond acceptors (Lipinski definition) is 4. The van der Waals surface area contributed by atoms with Crippen LogP contribution in [-0.4, -0.2) is 46.7 Å². The van der Waals surface area contributed by atoms with Crippen molar-refractivity contribution < 1.29 is 18.3 Å². The number of benzene rings is 4. The van der Waals surface area contributed by atoms with Gasteiger partial charge in [-0.2, -0.15) is 9.40 Å². The smallest absolute Gasteiger partial charge is 0.337 e. The summed E-state index contributed by atoms with van der Waals surface area (Å²) >= 11 is 18.5. The van der Waals surface area contributed by atoms with Crippen molar-refractivity contribution in [1.82, 2.24) is 14.1 Å². The maximum absolute atomic E-state index is 13.6. The monoisotopic (exact) mass is 693 g/mol. The molecule has 7 rings (SSSR count). The first-order valence-corrected chi connectivity index (χ1v) is 17.7. The van der Waals surface area contributed by atoms with E-state index < -0.39 is 16.0 Å². The minimum atomic E-state index is -3.90. The maximum Gasteiger partial charge on any atom is 0.337 e. The van der Waals surface area contributed by atoms with E-state index in [2.05, 4.69) is 47.1 Å². The highest BCUT2D eigenvalue weighted by atomic mass is 35.5. The second-order valence-corrected chi connectivity index (χ2v) is 15.2. The molecule has 1 saturated carbocycles. The fourth-order valence-electron chi connectivity index (χ4n) is 6.56. The van der Waals surface area contributed by atoms with Gasteiger partial charge in [0.2, 0.25) is 10.0 Å². The van der Waals surface area contributed by atoms with Crippen molar-refractivity contribution in [3.8, 4) is 0 Å². The van der Waals surface area contributed by atoms with Gasteiger partial charge in [-0.05, 0) is 97.0 Å². The van der Waals surface area contributed by atoms with Gasteiger partial charge in [0.1, 0.15) is 0 Å². The first-order chi connectivity index (χ1) is 22.1. The van der Waals surface area contributed by atoms with Crippen molar-refractivity contribution in [2.45, 2.75) is 48.5 Å². The molecule has 46 heavy (non-hydrogen) atoms. The first-order valence-electron chi connectivity index (χ1n) is 15.2. The minimum absolute atomic E-state index is 0.000826. The summed E-state index contributed by atoms with van der Waals surface area (Å²) in [7, 11) is -3.90. The average Bonchev–Trinajstić information content (AvgIpc) is 3.83. The number of aromatic carboxylic acids is 1. The molecule has 1 N–H and O–H groups in total. The molecule has 236 valence electrons. The zero-order valence-electron chi connectivity index (χ0n) is 24.6. The molecule has 11 heteroatoms. The van der Waals surface area contributed by atoms with Crippen LogP contribution < -0.4 is 0 Å². The number of carbonyl (C=O) groups is 1. The topological polar surface area (TPSA) is 92.5 Å². The Bertz CT molecular complexity index is 2010. The predicted octanol–water partition coefficient (Wildman–Crippen LogP) is 8.78. The molecule has 0 spiro atoms. The third-order valence-electron chi connectivity index (χ3n) is 9.04. The first kappa shape index (κ1) is 31.2. The van der Waals surface area contributed by atoms with Crippen molar-refractivity contribution in [2.75, 3.05) is 13.1 Å². The summed E-state index contributed by atoms with van der Waals surface area (Å²) in [6.45, 7) is 0.625. The molecule has 0 bridgehead atoms. The molecule has 2 aliphatic rings. The van der Waals surface area contributed by atoms with Crippen molar-refractivity contribution >= 4 is 61.7 Å². The lowest BCUT2D eigenvalue weighted by Crippen LogP contribution is -2.38. The average molecular weight is 695 g/mol. The van der Waals surface area contributed by atoms with Gasteiger partial charge >= 0.3 is 5.97 Å².